The van der Waals surface area contributed by atoms with Crippen LogP contribution in [0.4, 0.5) is 0 Å². The van der Waals surface area contributed by atoms with Crippen molar-refractivity contribution in [2.24, 2.45) is 0 Å². The number of amides is 1. The van der Waals surface area contributed by atoms with Gasteiger partial charge in [0, 0.05) is 21.3 Å². The molecule has 40 heavy (non-hydrogen) atoms. The van der Waals surface area contributed by atoms with Gasteiger partial charge >= 0.3 is 0 Å². The molecule has 0 spiro atoms. The average Bonchev–Trinajstić information content (AvgIpc) is 3.59. The molecule has 0 fully saturated rings. The van der Waals surface area contributed by atoms with Gasteiger partial charge in [-0.05, 0) is 50.1 Å². The highest BCUT2D eigenvalue weighted by molar-refractivity contribution is 7.15. The van der Waals surface area contributed by atoms with E-state index >= 15 is 0 Å². The number of ketones is 1. The predicted octanol–water partition coefficient (Wildman–Crippen LogP) is 4.03. The minimum absolute atomic E-state index is 0.00759. The molecule has 0 aliphatic rings. The van der Waals surface area contributed by atoms with Crippen molar-refractivity contribution in [1.29, 1.82) is 0 Å². The number of halogens is 1. The molecule has 0 bridgehead atoms. The second kappa shape index (κ2) is 11.1. The number of nitrogens with zero attached hydrogens (tertiary/aromatic N) is 4. The number of aromatic nitrogens is 4. The highest BCUT2D eigenvalue weighted by atomic mass is 35.5. The molecule has 0 aliphatic heterocycles. The van der Waals surface area contributed by atoms with E-state index in [1.54, 1.807) is 54.0 Å². The molecular formula is C29H25ClN5O4S-. The van der Waals surface area contributed by atoms with E-state index in [0.29, 0.717) is 44.7 Å². The fourth-order valence-corrected chi connectivity index (χ4v) is 6.23. The molecule has 11 heteroatoms. The first-order valence-corrected chi connectivity index (χ1v) is 13.8. The summed E-state index contributed by atoms with van der Waals surface area (Å²) in [7, 11) is 0. The molecule has 3 heterocycles. The Hall–Kier alpha value is -4.28. The summed E-state index contributed by atoms with van der Waals surface area (Å²) in [6.45, 7) is 5.12. The summed E-state index contributed by atoms with van der Waals surface area (Å²) >= 11 is 7.73. The summed E-state index contributed by atoms with van der Waals surface area (Å²) in [5, 5.41) is 24.7. The van der Waals surface area contributed by atoms with Crippen molar-refractivity contribution in [3.63, 3.8) is 0 Å². The zero-order valence-corrected chi connectivity index (χ0v) is 23.6. The summed E-state index contributed by atoms with van der Waals surface area (Å²) in [4.78, 5) is 39.5. The monoisotopic (exact) mass is 574 g/mol. The van der Waals surface area contributed by atoms with Crippen LogP contribution >= 0.6 is 22.9 Å². The van der Waals surface area contributed by atoms with E-state index in [9.17, 15) is 19.5 Å². The highest BCUT2D eigenvalue weighted by Crippen LogP contribution is 2.32. The second-order valence-electron chi connectivity index (χ2n) is 9.22. The van der Waals surface area contributed by atoms with Crippen molar-refractivity contribution in [1.82, 2.24) is 24.6 Å². The van der Waals surface area contributed by atoms with E-state index in [0.717, 1.165) is 15.8 Å². The van der Waals surface area contributed by atoms with E-state index in [4.69, 9.17) is 11.6 Å². The van der Waals surface area contributed by atoms with Crippen LogP contribution in [0.2, 0.25) is 5.02 Å². The Morgan fingerprint density at radius 1 is 1.02 bits per heavy atom. The first-order valence-electron chi connectivity index (χ1n) is 12.6. The topological polar surface area (TPSA) is 122 Å². The van der Waals surface area contributed by atoms with Gasteiger partial charge in [0.25, 0.3) is 5.91 Å². The number of fused-ring (bicyclic) bond motifs is 1. The Kier molecular flexibility index (Phi) is 7.55. The molecule has 0 unspecified atom stereocenters. The third-order valence-electron chi connectivity index (χ3n) is 6.63. The minimum atomic E-state index is -1.29. The highest BCUT2D eigenvalue weighted by Gasteiger charge is 2.25. The van der Waals surface area contributed by atoms with E-state index in [-0.39, 0.29) is 18.0 Å². The molecule has 0 saturated heterocycles. The molecule has 0 atom stereocenters. The van der Waals surface area contributed by atoms with Gasteiger partial charge in [0.2, 0.25) is 0 Å². The van der Waals surface area contributed by atoms with Crippen molar-refractivity contribution >= 4 is 51.5 Å². The van der Waals surface area contributed by atoms with E-state index < -0.39 is 18.4 Å². The molecule has 0 radical (unpaired) electrons. The largest absolute Gasteiger partial charge is 0.548 e. The van der Waals surface area contributed by atoms with Crippen LogP contribution in [-0.2, 0) is 24.3 Å². The van der Waals surface area contributed by atoms with Crippen LogP contribution < -0.4 is 10.4 Å². The molecular weight excluding hydrogens is 550 g/mol. The number of thiophene rings is 1. The molecule has 3 aromatic heterocycles. The molecule has 0 saturated carbocycles. The van der Waals surface area contributed by atoms with E-state index in [1.807, 2.05) is 26.0 Å². The number of para-hydroxylation sites is 1. The molecule has 9 nitrogen and oxygen atoms in total. The molecule has 204 valence electrons. The van der Waals surface area contributed by atoms with Gasteiger partial charge in [-0.25, -0.2) is 0 Å². The lowest BCUT2D eigenvalue weighted by atomic mass is 10.0. The van der Waals surface area contributed by atoms with Crippen LogP contribution in [0, 0.1) is 13.8 Å². The molecule has 2 aromatic carbocycles. The summed E-state index contributed by atoms with van der Waals surface area (Å²) in [5.41, 5.74) is 2.49. The van der Waals surface area contributed by atoms with Crippen LogP contribution in [0.25, 0.3) is 15.9 Å². The van der Waals surface area contributed by atoms with Gasteiger partial charge in [-0.2, -0.15) is 0 Å². The number of carbonyl (C=O) groups excluding carboxylic acids is 3. The number of carboxylic acid groups (broad SMARTS) is 1. The number of carbonyl (C=O) groups is 3. The smallest absolute Gasteiger partial charge is 0.268 e. The minimum Gasteiger partial charge on any atom is -0.548 e. The van der Waals surface area contributed by atoms with Crippen LogP contribution in [0.1, 0.15) is 55.4 Å². The Balaban J connectivity index is 1.50. The lowest BCUT2D eigenvalue weighted by Gasteiger charge is -2.14. The Bertz CT molecular complexity index is 1780. The maximum atomic E-state index is 13.6. The van der Waals surface area contributed by atoms with Crippen LogP contribution in [-0.4, -0.2) is 37.0 Å². The van der Waals surface area contributed by atoms with Crippen LogP contribution in [0.5, 0.6) is 0 Å². The number of benzene rings is 2. The van der Waals surface area contributed by atoms with E-state index in [1.165, 1.54) is 15.9 Å². The van der Waals surface area contributed by atoms with Crippen molar-refractivity contribution in [2.45, 2.75) is 40.3 Å². The summed E-state index contributed by atoms with van der Waals surface area (Å²) in [5.74, 6) is -1.01. The number of carboxylic acids is 1. The predicted molar refractivity (Wildman–Crippen MR) is 151 cm³/mol. The Morgan fingerprint density at radius 2 is 1.75 bits per heavy atom. The number of aliphatic carboxylic acids is 1. The summed E-state index contributed by atoms with van der Waals surface area (Å²) in [6, 6.07) is 16.0. The third kappa shape index (κ3) is 4.91. The molecule has 0 aliphatic carbocycles. The number of rotatable bonds is 9. The van der Waals surface area contributed by atoms with Gasteiger partial charge in [0.15, 0.2) is 11.6 Å². The van der Waals surface area contributed by atoms with Gasteiger partial charge in [0.1, 0.15) is 16.5 Å². The maximum Gasteiger partial charge on any atom is 0.268 e. The number of hydrogen-bond acceptors (Lipinski definition) is 7. The Labute approximate surface area is 239 Å². The van der Waals surface area contributed by atoms with Crippen LogP contribution in [0.15, 0.2) is 54.6 Å². The molecule has 1 amide bonds. The van der Waals surface area contributed by atoms with Crippen molar-refractivity contribution in [3.8, 4) is 5.00 Å². The fourth-order valence-electron chi connectivity index (χ4n) is 4.94. The second-order valence-corrected chi connectivity index (χ2v) is 10.9. The summed E-state index contributed by atoms with van der Waals surface area (Å²) in [6.07, 6.45) is 0.528. The quantitative estimate of drug-likeness (QED) is 0.265. The van der Waals surface area contributed by atoms with Gasteiger partial charge in [-0.3, -0.25) is 14.2 Å². The molecule has 5 rings (SSSR count). The molecule has 5 aromatic rings. The SMILES string of the molecule is CCc1c(C(=O)NCc2nnc(C)n2-c2sc(C)cc2C(=O)c2ccccc2Cl)n(CC(=O)[O-])c2ccccc12. The van der Waals surface area contributed by atoms with Gasteiger partial charge in [0.05, 0.1) is 29.6 Å². The lowest BCUT2D eigenvalue weighted by molar-refractivity contribution is -0.306. The molecule has 1 N–H and O–H groups in total. The first kappa shape index (κ1) is 27.3. The fraction of sp³-hybridized carbons (Fsp3) is 0.207. The number of nitrogens with one attached hydrogen (secondary N) is 1. The number of hydrogen-bond donors (Lipinski definition) is 1. The average molecular weight is 575 g/mol. The zero-order valence-electron chi connectivity index (χ0n) is 22.0. The van der Waals surface area contributed by atoms with Crippen molar-refractivity contribution in [2.75, 3.05) is 0 Å². The lowest BCUT2D eigenvalue weighted by Crippen LogP contribution is -2.32. The van der Waals surface area contributed by atoms with Crippen LogP contribution in [0.3, 0.4) is 0 Å². The summed E-state index contributed by atoms with van der Waals surface area (Å²) < 4.78 is 3.22. The van der Waals surface area contributed by atoms with Crippen molar-refractivity contribution < 1.29 is 19.5 Å². The van der Waals surface area contributed by atoms with Gasteiger partial charge in [-0.15, -0.1) is 21.5 Å². The van der Waals surface area contributed by atoms with Gasteiger partial charge < -0.3 is 19.8 Å². The van der Waals surface area contributed by atoms with Gasteiger partial charge in [-0.1, -0.05) is 48.9 Å². The first-order chi connectivity index (χ1) is 19.2. The Morgan fingerprint density at radius 3 is 2.48 bits per heavy atom. The standard InChI is InChI=1S/C29H26ClN5O4S/c1-4-18-19-9-6-8-12-23(19)34(15-25(36)37)26(18)28(39)31-14-24-33-32-17(3)35(24)29-21(13-16(2)40-29)27(38)20-10-5-7-11-22(20)30/h5-13H,4,14-15H2,1-3H3,(H,31,39)(H,36,37)/p-1. The number of aryl methyl sites for hydroxylation is 3. The van der Waals surface area contributed by atoms with E-state index in [2.05, 4.69) is 15.5 Å². The van der Waals surface area contributed by atoms with Crippen molar-refractivity contribution in [3.05, 3.63) is 98.5 Å². The zero-order chi connectivity index (χ0) is 28.6. The maximum absolute atomic E-state index is 13.6. The third-order valence-corrected chi connectivity index (χ3v) is 8.00. The normalized spacial score (nSPS) is 11.2.